The molecule has 0 unspecified atom stereocenters. The van der Waals surface area contributed by atoms with Gasteiger partial charge in [-0.15, -0.1) is 0 Å². The fraction of sp³-hybridized carbons (Fsp3) is 0.250. The van der Waals surface area contributed by atoms with Crippen molar-refractivity contribution in [3.63, 3.8) is 0 Å². The van der Waals surface area contributed by atoms with Crippen LogP contribution in [-0.4, -0.2) is 42.5 Å². The van der Waals surface area contributed by atoms with E-state index < -0.39 is 16.1 Å². The summed E-state index contributed by atoms with van der Waals surface area (Å²) in [5.41, 5.74) is 0.266. The molecule has 0 radical (unpaired) electrons. The highest BCUT2D eigenvalue weighted by Crippen LogP contribution is 2.20. The van der Waals surface area contributed by atoms with E-state index in [1.165, 1.54) is 24.1 Å². The van der Waals surface area contributed by atoms with Crippen molar-refractivity contribution in [2.75, 3.05) is 13.4 Å². The molecule has 0 saturated carbocycles. The number of methoxy groups -OCH3 is 1. The Morgan fingerprint density at radius 3 is 2.77 bits per heavy atom. The highest BCUT2D eigenvalue weighted by Gasteiger charge is 2.20. The van der Waals surface area contributed by atoms with Gasteiger partial charge in [-0.05, 0) is 18.2 Å². The molecular formula is C12H12ClN3O5S. The van der Waals surface area contributed by atoms with Gasteiger partial charge in [0.25, 0.3) is 10.1 Å². The number of hydrogen-bond donors (Lipinski definition) is 0. The molecule has 0 atom stereocenters. The van der Waals surface area contributed by atoms with Gasteiger partial charge >= 0.3 is 5.97 Å². The lowest BCUT2D eigenvalue weighted by atomic mass is 10.3. The molecule has 0 aliphatic rings. The van der Waals surface area contributed by atoms with Crippen LogP contribution in [0.2, 0.25) is 5.02 Å². The van der Waals surface area contributed by atoms with Gasteiger partial charge in [-0.2, -0.15) is 13.5 Å². The molecule has 0 aromatic carbocycles. The summed E-state index contributed by atoms with van der Waals surface area (Å²) in [5.74, 6) is -0.449. The molecule has 22 heavy (non-hydrogen) atoms. The van der Waals surface area contributed by atoms with Crippen molar-refractivity contribution in [1.82, 2.24) is 14.8 Å². The maximum Gasteiger partial charge on any atom is 0.356 e. The van der Waals surface area contributed by atoms with E-state index in [-0.39, 0.29) is 28.8 Å². The summed E-state index contributed by atoms with van der Waals surface area (Å²) in [4.78, 5) is 15.9. The number of halogens is 1. The first-order chi connectivity index (χ1) is 10.3. The van der Waals surface area contributed by atoms with E-state index in [0.717, 1.165) is 6.26 Å². The molecular weight excluding hydrogens is 334 g/mol. The van der Waals surface area contributed by atoms with E-state index in [1.54, 1.807) is 12.1 Å². The second kappa shape index (κ2) is 6.42. The monoisotopic (exact) mass is 345 g/mol. The number of rotatable bonds is 5. The Morgan fingerprint density at radius 2 is 2.18 bits per heavy atom. The number of aromatic nitrogens is 3. The van der Waals surface area contributed by atoms with Crippen LogP contribution in [0.15, 0.2) is 24.4 Å². The largest absolute Gasteiger partial charge is 0.464 e. The van der Waals surface area contributed by atoms with Crippen LogP contribution < -0.4 is 0 Å². The number of ether oxygens (including phenoxy) is 1. The molecule has 2 rings (SSSR count). The van der Waals surface area contributed by atoms with Gasteiger partial charge in [0.1, 0.15) is 6.61 Å². The average Bonchev–Trinajstić information content (AvgIpc) is 2.88. The van der Waals surface area contributed by atoms with E-state index in [1.807, 2.05) is 0 Å². The van der Waals surface area contributed by atoms with Crippen LogP contribution in [0, 0.1) is 0 Å². The van der Waals surface area contributed by atoms with Gasteiger partial charge < -0.3 is 4.74 Å². The van der Waals surface area contributed by atoms with Gasteiger partial charge in [0.2, 0.25) is 0 Å². The predicted octanol–water partition coefficient (Wildman–Crippen LogP) is 1.18. The minimum atomic E-state index is -3.63. The molecule has 0 bridgehead atoms. The number of hydrogen-bond acceptors (Lipinski definition) is 7. The predicted molar refractivity (Wildman–Crippen MR) is 77.3 cm³/mol. The lowest BCUT2D eigenvalue weighted by molar-refractivity contribution is 0.0590. The second-order valence-electron chi connectivity index (χ2n) is 4.20. The zero-order valence-corrected chi connectivity index (χ0v) is 13.3. The minimum absolute atomic E-state index is 0.0511. The molecule has 118 valence electrons. The van der Waals surface area contributed by atoms with Gasteiger partial charge in [-0.3, -0.25) is 4.18 Å². The van der Waals surface area contributed by atoms with Crippen molar-refractivity contribution in [2.45, 2.75) is 6.61 Å². The van der Waals surface area contributed by atoms with Crippen LogP contribution in [0.5, 0.6) is 0 Å². The Morgan fingerprint density at radius 1 is 1.45 bits per heavy atom. The molecule has 0 fully saturated rings. The molecule has 0 aliphatic carbocycles. The van der Waals surface area contributed by atoms with Crippen LogP contribution in [0.25, 0.3) is 5.82 Å². The third-order valence-electron chi connectivity index (χ3n) is 2.52. The average molecular weight is 346 g/mol. The van der Waals surface area contributed by atoms with Crippen LogP contribution in [0.3, 0.4) is 0 Å². The number of nitrogens with zero attached hydrogens (tertiary/aromatic N) is 3. The normalized spacial score (nSPS) is 11.4. The second-order valence-corrected chi connectivity index (χ2v) is 6.25. The highest BCUT2D eigenvalue weighted by molar-refractivity contribution is 7.85. The molecule has 10 heteroatoms. The van der Waals surface area contributed by atoms with E-state index in [9.17, 15) is 13.2 Å². The third-order valence-corrected chi connectivity index (χ3v) is 3.36. The zero-order valence-electron chi connectivity index (χ0n) is 11.7. The van der Waals surface area contributed by atoms with Gasteiger partial charge in [-0.1, -0.05) is 11.6 Å². The summed E-state index contributed by atoms with van der Waals surface area (Å²) in [5, 5.41) is 4.36. The van der Waals surface area contributed by atoms with E-state index >= 15 is 0 Å². The maximum atomic E-state index is 11.8. The van der Waals surface area contributed by atoms with Crippen molar-refractivity contribution in [2.24, 2.45) is 0 Å². The molecule has 2 aromatic rings. The van der Waals surface area contributed by atoms with Gasteiger partial charge in [0.05, 0.1) is 24.1 Å². The zero-order chi connectivity index (χ0) is 16.3. The lowest BCUT2D eigenvalue weighted by Gasteiger charge is -2.06. The first-order valence-corrected chi connectivity index (χ1v) is 8.14. The highest BCUT2D eigenvalue weighted by atomic mass is 35.5. The number of carbonyl (C=O) groups is 1. The number of carbonyl (C=O) groups excluding carboxylic acids is 1. The summed E-state index contributed by atoms with van der Waals surface area (Å²) in [6.45, 7) is -0.319. The maximum absolute atomic E-state index is 11.8. The number of esters is 1. The molecule has 2 aromatic heterocycles. The third kappa shape index (κ3) is 3.81. The van der Waals surface area contributed by atoms with Gasteiger partial charge in [0, 0.05) is 6.20 Å². The Labute approximate surface area is 131 Å². The first kappa shape index (κ1) is 16.4. The fourth-order valence-corrected chi connectivity index (χ4v) is 2.15. The smallest absolute Gasteiger partial charge is 0.356 e. The Balaban J connectivity index is 2.46. The van der Waals surface area contributed by atoms with Crippen LogP contribution in [0.1, 0.15) is 16.2 Å². The molecule has 0 amide bonds. The molecule has 8 nitrogen and oxygen atoms in total. The van der Waals surface area contributed by atoms with Crippen molar-refractivity contribution < 1.29 is 22.1 Å². The van der Waals surface area contributed by atoms with Crippen molar-refractivity contribution in [1.29, 1.82) is 0 Å². The molecule has 0 saturated heterocycles. The standard InChI is InChI=1S/C12H12ClN3O5S/c1-20-12(17)10-6-8(7-21-22(2,18)19)15-16(10)11-9(13)4-3-5-14-11/h3-6H,7H2,1-2H3. The van der Waals surface area contributed by atoms with Gasteiger partial charge in [0.15, 0.2) is 11.5 Å². The van der Waals surface area contributed by atoms with E-state index in [4.69, 9.17) is 11.6 Å². The summed E-state index contributed by atoms with van der Waals surface area (Å²) < 4.78 is 32.6. The molecule has 0 N–H and O–H groups in total. The summed E-state index contributed by atoms with van der Waals surface area (Å²) >= 11 is 6.03. The topological polar surface area (TPSA) is 100 Å². The van der Waals surface area contributed by atoms with Crippen molar-refractivity contribution in [3.05, 3.63) is 40.8 Å². The first-order valence-electron chi connectivity index (χ1n) is 5.94. The fourth-order valence-electron chi connectivity index (χ4n) is 1.61. The summed E-state index contributed by atoms with van der Waals surface area (Å²) in [6, 6.07) is 4.56. The Hall–Kier alpha value is -1.97. The van der Waals surface area contributed by atoms with Crippen LogP contribution in [-0.2, 0) is 25.6 Å². The van der Waals surface area contributed by atoms with Gasteiger partial charge in [-0.25, -0.2) is 14.5 Å². The SMILES string of the molecule is COC(=O)c1cc(COS(C)(=O)=O)nn1-c1ncccc1Cl. The molecule has 0 spiro atoms. The summed E-state index contributed by atoms with van der Waals surface area (Å²) in [7, 11) is -2.42. The Bertz CT molecular complexity index is 803. The molecule has 0 aliphatic heterocycles. The van der Waals surface area contributed by atoms with Crippen LogP contribution in [0.4, 0.5) is 0 Å². The quantitative estimate of drug-likeness (QED) is 0.592. The van der Waals surface area contributed by atoms with E-state index in [0.29, 0.717) is 0 Å². The van der Waals surface area contributed by atoms with Crippen molar-refractivity contribution >= 4 is 27.7 Å². The Kier molecular flexibility index (Phi) is 4.79. The van der Waals surface area contributed by atoms with E-state index in [2.05, 4.69) is 19.0 Å². The van der Waals surface area contributed by atoms with Crippen LogP contribution >= 0.6 is 11.6 Å². The number of pyridine rings is 1. The lowest BCUT2D eigenvalue weighted by Crippen LogP contribution is -2.11. The summed E-state index contributed by atoms with van der Waals surface area (Å²) in [6.07, 6.45) is 2.40. The van der Waals surface area contributed by atoms with Crippen molar-refractivity contribution in [3.8, 4) is 5.82 Å². The molecule has 2 heterocycles. The minimum Gasteiger partial charge on any atom is -0.464 e.